The van der Waals surface area contributed by atoms with E-state index in [1.54, 1.807) is 38.1 Å². The molecule has 2 fully saturated rings. The van der Waals surface area contributed by atoms with E-state index >= 15 is 0 Å². The first-order valence-electron chi connectivity index (χ1n) is 7.13. The molecule has 116 valence electrons. The van der Waals surface area contributed by atoms with Crippen LogP contribution in [0.25, 0.3) is 0 Å². The summed E-state index contributed by atoms with van der Waals surface area (Å²) in [6.45, 7) is 3.59. The van der Waals surface area contributed by atoms with Crippen LogP contribution in [0.1, 0.15) is 24.2 Å². The summed E-state index contributed by atoms with van der Waals surface area (Å²) in [6.07, 6.45) is -2.10. The van der Waals surface area contributed by atoms with Crippen LogP contribution >= 0.6 is 0 Å². The van der Waals surface area contributed by atoms with Gasteiger partial charge < -0.3 is 18.9 Å². The number of esters is 1. The molecular formula is C16H17NO5. The van der Waals surface area contributed by atoms with Gasteiger partial charge in [-0.3, -0.25) is 0 Å². The highest BCUT2D eigenvalue weighted by atomic mass is 16.8. The summed E-state index contributed by atoms with van der Waals surface area (Å²) in [6, 6.07) is 10.8. The second kappa shape index (κ2) is 5.69. The lowest BCUT2D eigenvalue weighted by Gasteiger charge is -2.22. The molecule has 6 nitrogen and oxygen atoms in total. The van der Waals surface area contributed by atoms with Gasteiger partial charge in [-0.1, -0.05) is 18.2 Å². The van der Waals surface area contributed by atoms with Crippen molar-refractivity contribution in [1.82, 2.24) is 0 Å². The summed E-state index contributed by atoms with van der Waals surface area (Å²) < 4.78 is 22.3. The Kier molecular flexibility index (Phi) is 3.87. The minimum atomic E-state index is -0.768. The molecule has 6 heteroatoms. The molecule has 0 unspecified atom stereocenters. The van der Waals surface area contributed by atoms with Gasteiger partial charge in [-0.05, 0) is 26.0 Å². The molecule has 2 heterocycles. The first-order valence-corrected chi connectivity index (χ1v) is 7.13. The van der Waals surface area contributed by atoms with Crippen LogP contribution in [-0.2, 0) is 18.9 Å². The molecule has 1 aromatic carbocycles. The molecule has 0 N–H and O–H groups in total. The van der Waals surface area contributed by atoms with Crippen LogP contribution in [0.3, 0.4) is 0 Å². The SMILES string of the molecule is CC1(C)O[C@@H]2[C@H](O1)[C@@H](COC(=O)c1ccccc1)O[C@H]2C#N. The van der Waals surface area contributed by atoms with E-state index in [9.17, 15) is 4.79 Å². The molecule has 0 radical (unpaired) electrons. The Morgan fingerprint density at radius 2 is 1.95 bits per heavy atom. The van der Waals surface area contributed by atoms with Crippen molar-refractivity contribution in [1.29, 1.82) is 5.26 Å². The lowest BCUT2D eigenvalue weighted by Crippen LogP contribution is -2.33. The fraction of sp³-hybridized carbons (Fsp3) is 0.500. The Hall–Kier alpha value is -1.94. The molecule has 1 aromatic rings. The minimum absolute atomic E-state index is 0.0204. The van der Waals surface area contributed by atoms with Gasteiger partial charge >= 0.3 is 5.97 Å². The van der Waals surface area contributed by atoms with Crippen molar-refractivity contribution >= 4 is 5.97 Å². The van der Waals surface area contributed by atoms with Gasteiger partial charge in [0.2, 0.25) is 0 Å². The van der Waals surface area contributed by atoms with Gasteiger partial charge in [-0.2, -0.15) is 5.26 Å². The lowest BCUT2D eigenvalue weighted by molar-refractivity contribution is -0.184. The van der Waals surface area contributed by atoms with Crippen LogP contribution in [0.5, 0.6) is 0 Å². The van der Waals surface area contributed by atoms with E-state index in [4.69, 9.17) is 24.2 Å². The number of benzene rings is 1. The van der Waals surface area contributed by atoms with Gasteiger partial charge in [-0.15, -0.1) is 0 Å². The summed E-state index contributed by atoms with van der Waals surface area (Å²) >= 11 is 0. The van der Waals surface area contributed by atoms with Gasteiger partial charge in [-0.25, -0.2) is 4.79 Å². The van der Waals surface area contributed by atoms with E-state index < -0.39 is 36.2 Å². The predicted octanol–water partition coefficient (Wildman–Crippen LogP) is 1.65. The molecule has 0 saturated carbocycles. The van der Waals surface area contributed by atoms with Crippen LogP contribution in [0.2, 0.25) is 0 Å². The molecule has 0 bridgehead atoms. The Balaban J connectivity index is 1.63. The molecule has 2 aliphatic rings. The van der Waals surface area contributed by atoms with Gasteiger partial charge in [0, 0.05) is 0 Å². The topological polar surface area (TPSA) is 77.8 Å². The third-order valence-corrected chi connectivity index (χ3v) is 3.67. The number of carbonyl (C=O) groups excluding carboxylic acids is 1. The van der Waals surface area contributed by atoms with E-state index in [0.29, 0.717) is 5.56 Å². The Morgan fingerprint density at radius 1 is 1.27 bits per heavy atom. The number of nitriles is 1. The molecule has 0 aliphatic carbocycles. The van der Waals surface area contributed by atoms with Crippen molar-refractivity contribution in [3.05, 3.63) is 35.9 Å². The minimum Gasteiger partial charge on any atom is -0.459 e. The zero-order valence-electron chi connectivity index (χ0n) is 12.4. The van der Waals surface area contributed by atoms with Crippen molar-refractivity contribution in [2.45, 2.75) is 44.1 Å². The lowest BCUT2D eigenvalue weighted by atomic mass is 10.1. The van der Waals surface area contributed by atoms with Crippen LogP contribution in [0, 0.1) is 11.3 Å². The second-order valence-electron chi connectivity index (χ2n) is 5.75. The Labute approximate surface area is 128 Å². The number of fused-ring (bicyclic) bond motifs is 1. The third kappa shape index (κ3) is 2.83. The zero-order chi connectivity index (χ0) is 15.7. The standard InChI is InChI=1S/C16H17NO5/c1-16(2)21-13-11(8-17)20-12(14(13)22-16)9-19-15(18)10-6-4-3-5-7-10/h3-7,11-14H,9H2,1-2H3/t11-,12+,13-,14+/m0/s1. The average molecular weight is 303 g/mol. The van der Waals surface area contributed by atoms with Crippen LogP contribution in [0.4, 0.5) is 0 Å². The molecule has 0 spiro atoms. The molecule has 2 aliphatic heterocycles. The van der Waals surface area contributed by atoms with Crippen molar-refractivity contribution in [2.75, 3.05) is 6.61 Å². The van der Waals surface area contributed by atoms with Crippen molar-refractivity contribution < 1.29 is 23.7 Å². The number of hydrogen-bond acceptors (Lipinski definition) is 6. The number of ether oxygens (including phenoxy) is 4. The van der Waals surface area contributed by atoms with Crippen LogP contribution < -0.4 is 0 Å². The Morgan fingerprint density at radius 3 is 2.64 bits per heavy atom. The normalized spacial score (nSPS) is 32.2. The molecule has 3 rings (SSSR count). The van der Waals surface area contributed by atoms with Crippen LogP contribution in [0.15, 0.2) is 30.3 Å². The largest absolute Gasteiger partial charge is 0.459 e. The van der Waals surface area contributed by atoms with Gasteiger partial charge in [0.05, 0.1) is 11.6 Å². The van der Waals surface area contributed by atoms with Gasteiger partial charge in [0.15, 0.2) is 11.9 Å². The molecular weight excluding hydrogens is 286 g/mol. The smallest absolute Gasteiger partial charge is 0.338 e. The van der Waals surface area contributed by atoms with Crippen molar-refractivity contribution in [2.24, 2.45) is 0 Å². The van der Waals surface area contributed by atoms with Crippen LogP contribution in [-0.4, -0.2) is 42.8 Å². The maximum Gasteiger partial charge on any atom is 0.338 e. The summed E-state index contributed by atoms with van der Waals surface area (Å²) in [4.78, 5) is 12.0. The molecule has 2 saturated heterocycles. The van der Waals surface area contributed by atoms with Gasteiger partial charge in [0.1, 0.15) is 24.9 Å². The molecule has 0 aromatic heterocycles. The fourth-order valence-electron chi connectivity index (χ4n) is 2.74. The van der Waals surface area contributed by atoms with E-state index in [2.05, 4.69) is 6.07 Å². The highest BCUT2D eigenvalue weighted by Crippen LogP contribution is 2.38. The maximum atomic E-state index is 12.0. The fourth-order valence-corrected chi connectivity index (χ4v) is 2.74. The highest BCUT2D eigenvalue weighted by molar-refractivity contribution is 5.89. The summed E-state index contributed by atoms with van der Waals surface area (Å²) in [5.74, 6) is -1.20. The van der Waals surface area contributed by atoms with E-state index in [1.807, 2.05) is 6.07 Å². The predicted molar refractivity (Wildman–Crippen MR) is 74.8 cm³/mol. The quantitative estimate of drug-likeness (QED) is 0.790. The van der Waals surface area contributed by atoms with E-state index in [0.717, 1.165) is 0 Å². The zero-order valence-corrected chi connectivity index (χ0v) is 12.4. The maximum absolute atomic E-state index is 12.0. The first kappa shape index (κ1) is 15.0. The highest BCUT2D eigenvalue weighted by Gasteiger charge is 2.55. The number of carbonyl (C=O) groups is 1. The molecule has 4 atom stereocenters. The average Bonchev–Trinajstić information content (AvgIpc) is 2.99. The number of rotatable bonds is 3. The molecule has 0 amide bonds. The number of nitrogens with zero attached hydrogens (tertiary/aromatic N) is 1. The second-order valence-corrected chi connectivity index (χ2v) is 5.75. The van der Waals surface area contributed by atoms with E-state index in [-0.39, 0.29) is 6.61 Å². The summed E-state index contributed by atoms with van der Waals surface area (Å²) in [7, 11) is 0. The third-order valence-electron chi connectivity index (χ3n) is 3.67. The van der Waals surface area contributed by atoms with E-state index in [1.165, 1.54) is 0 Å². The Bertz CT molecular complexity index is 594. The van der Waals surface area contributed by atoms with Crippen molar-refractivity contribution in [3.63, 3.8) is 0 Å². The number of hydrogen-bond donors (Lipinski definition) is 0. The first-order chi connectivity index (χ1) is 10.5. The summed E-state index contributed by atoms with van der Waals surface area (Å²) in [5, 5.41) is 9.14. The van der Waals surface area contributed by atoms with Gasteiger partial charge in [0.25, 0.3) is 0 Å². The monoisotopic (exact) mass is 303 g/mol. The molecule has 22 heavy (non-hydrogen) atoms. The summed E-state index contributed by atoms with van der Waals surface area (Å²) in [5.41, 5.74) is 0.470. The van der Waals surface area contributed by atoms with Crippen molar-refractivity contribution in [3.8, 4) is 6.07 Å².